The summed E-state index contributed by atoms with van der Waals surface area (Å²) in [4.78, 5) is 0. The van der Waals surface area contributed by atoms with Crippen LogP contribution in [-0.2, 0) is 0 Å². The molecule has 0 aromatic heterocycles. The second-order valence-electron chi connectivity index (χ2n) is 17.3. The zero-order chi connectivity index (χ0) is 33.6. The Kier molecular flexibility index (Phi) is 12.6. The average molecular weight is 641 g/mol. The Morgan fingerprint density at radius 3 is 1.39 bits per heavy atom. The fourth-order valence-corrected chi connectivity index (χ4v) is 18.1. The minimum atomic E-state index is -0.191. The fourth-order valence-electron chi connectivity index (χ4n) is 10.3. The molecule has 2 aliphatic heterocycles. The van der Waals surface area contributed by atoms with Crippen LogP contribution in [0.2, 0.25) is 0 Å². The molecule has 5 aliphatic rings. The van der Waals surface area contributed by atoms with Crippen LogP contribution in [0.1, 0.15) is 163 Å². The maximum Gasteiger partial charge on any atom is 0.0279 e. The first kappa shape index (κ1) is 38.3. The summed E-state index contributed by atoms with van der Waals surface area (Å²) < 4.78 is 0. The Hall–Kier alpha value is -0.180. The van der Waals surface area contributed by atoms with Crippen LogP contribution >= 0.6 is 15.8 Å². The molecule has 1 unspecified atom stereocenters. The number of fused-ring (bicyclic) bond motifs is 3. The van der Waals surface area contributed by atoms with Crippen LogP contribution in [0.25, 0.3) is 0 Å². The summed E-state index contributed by atoms with van der Waals surface area (Å²) in [5.41, 5.74) is 13.7. The van der Waals surface area contributed by atoms with E-state index in [4.69, 9.17) is 0 Å². The Balaban J connectivity index is 0.000000202. The van der Waals surface area contributed by atoms with Crippen molar-refractivity contribution >= 4 is 15.8 Å². The van der Waals surface area contributed by atoms with E-state index in [-0.39, 0.29) is 18.8 Å². The summed E-state index contributed by atoms with van der Waals surface area (Å²) in [6.45, 7) is 43.4. The third-order valence-electron chi connectivity index (χ3n) is 13.4. The van der Waals surface area contributed by atoms with Crippen LogP contribution in [0.4, 0.5) is 0 Å². The Bertz CT molecular complexity index is 1100. The molecule has 0 spiro atoms. The van der Waals surface area contributed by atoms with Crippen molar-refractivity contribution in [3.8, 4) is 0 Å². The summed E-state index contributed by atoms with van der Waals surface area (Å²) in [7, 11) is 0.182. The van der Waals surface area contributed by atoms with Crippen molar-refractivity contribution in [2.24, 2.45) is 34.5 Å². The Labute approximate surface area is 279 Å². The van der Waals surface area contributed by atoms with Crippen molar-refractivity contribution in [3.63, 3.8) is 0 Å². The van der Waals surface area contributed by atoms with Gasteiger partial charge in [-0.25, -0.2) is 0 Å². The smallest absolute Gasteiger partial charge is 0.0279 e. The first-order chi connectivity index (χ1) is 20.2. The molecule has 0 bridgehead atoms. The molecule has 252 valence electrons. The van der Waals surface area contributed by atoms with Crippen molar-refractivity contribution in [1.82, 2.24) is 0 Å². The van der Waals surface area contributed by atoms with Gasteiger partial charge in [0.2, 0.25) is 0 Å². The lowest BCUT2D eigenvalue weighted by Gasteiger charge is -2.41. The van der Waals surface area contributed by atoms with Gasteiger partial charge in [0.25, 0.3) is 0 Å². The van der Waals surface area contributed by atoms with Crippen molar-refractivity contribution in [2.45, 2.75) is 186 Å². The zero-order valence-corrected chi connectivity index (χ0v) is 34.5. The van der Waals surface area contributed by atoms with Crippen LogP contribution in [0.5, 0.6) is 0 Å². The van der Waals surface area contributed by atoms with E-state index in [1.807, 2.05) is 0 Å². The average Bonchev–Trinajstić information content (AvgIpc) is 3.50. The van der Waals surface area contributed by atoms with Gasteiger partial charge in [0.05, 0.1) is 0 Å². The van der Waals surface area contributed by atoms with E-state index in [0.717, 1.165) is 46.3 Å². The summed E-state index contributed by atoms with van der Waals surface area (Å²) in [6.07, 6.45) is 8.86. The molecule has 44 heavy (non-hydrogen) atoms. The highest BCUT2D eigenvalue weighted by Crippen LogP contribution is 2.86. The van der Waals surface area contributed by atoms with E-state index in [9.17, 15) is 0 Å². The fraction of sp³-hybridized carbons (Fsp3) is 0.810. The molecule has 5 rings (SSSR count). The molecular weight excluding hydrogens is 566 g/mol. The number of hydrogen-bond acceptors (Lipinski definition) is 0. The molecule has 1 saturated carbocycles. The maximum atomic E-state index is 2.54. The van der Waals surface area contributed by atoms with E-state index in [2.05, 4.69) is 125 Å². The van der Waals surface area contributed by atoms with Gasteiger partial charge in [0.1, 0.15) is 0 Å². The molecule has 2 heteroatoms. The monoisotopic (exact) mass is 641 g/mol. The van der Waals surface area contributed by atoms with Gasteiger partial charge >= 0.3 is 0 Å². The second-order valence-corrected chi connectivity index (χ2v) is 23.6. The standard InChI is InChI=1S/C21H31P.C12H24.C9H19P/c1-11(2)22-18-14(5)12(3)16(7)20(18,9)21(10)17(8)13(4)15(6)19(21)22;1-9(2)7-12-8-10(3)5-6-11(12)4;1-7(2)10-8(3)5-6-9(10)4/h11H,1-10H3;9-12H,5-8H2,1-4H3;7-9H,5-6H2,1-4H3/t20-,21-;10-,11-,12?;8-,9-/m110/s1. The molecule has 0 N–H and O–H groups in total. The van der Waals surface area contributed by atoms with E-state index >= 15 is 0 Å². The molecule has 2 heterocycles. The molecule has 0 aromatic rings. The molecular formula is C42H74P2. The normalized spacial score (nSPS) is 36.1. The predicted molar refractivity (Wildman–Crippen MR) is 206 cm³/mol. The van der Waals surface area contributed by atoms with Crippen LogP contribution < -0.4 is 0 Å². The van der Waals surface area contributed by atoms with Gasteiger partial charge in [-0.05, 0) is 154 Å². The largest absolute Gasteiger partial charge is 0.0983 e. The van der Waals surface area contributed by atoms with Crippen LogP contribution in [-0.4, -0.2) is 22.6 Å². The molecule has 3 aliphatic carbocycles. The number of rotatable bonds is 4. The zero-order valence-electron chi connectivity index (χ0n) is 32.8. The topological polar surface area (TPSA) is 0 Å². The predicted octanol–water partition coefficient (Wildman–Crippen LogP) is 14.7. The third kappa shape index (κ3) is 6.59. The highest BCUT2D eigenvalue weighted by atomic mass is 31.1. The van der Waals surface area contributed by atoms with Crippen molar-refractivity contribution in [1.29, 1.82) is 0 Å². The second kappa shape index (κ2) is 14.5. The lowest BCUT2D eigenvalue weighted by Crippen LogP contribution is -2.34. The van der Waals surface area contributed by atoms with Crippen LogP contribution in [0.15, 0.2) is 44.1 Å². The summed E-state index contributed by atoms with van der Waals surface area (Å²) >= 11 is 0. The Morgan fingerprint density at radius 2 is 1.05 bits per heavy atom. The molecule has 3 fully saturated rings. The molecule has 2 saturated heterocycles. The van der Waals surface area contributed by atoms with Gasteiger partial charge in [0.15, 0.2) is 0 Å². The van der Waals surface area contributed by atoms with Crippen molar-refractivity contribution < 1.29 is 0 Å². The van der Waals surface area contributed by atoms with Crippen LogP contribution in [0.3, 0.4) is 0 Å². The summed E-state index contributed by atoms with van der Waals surface area (Å²) in [5.74, 6) is 3.89. The number of hydrogen-bond donors (Lipinski definition) is 0. The highest BCUT2D eigenvalue weighted by Gasteiger charge is 2.65. The minimum absolute atomic E-state index is 0.191. The molecule has 0 aromatic carbocycles. The van der Waals surface area contributed by atoms with Crippen molar-refractivity contribution in [2.75, 3.05) is 0 Å². The van der Waals surface area contributed by atoms with Gasteiger partial charge in [-0.1, -0.05) is 115 Å². The lowest BCUT2D eigenvalue weighted by molar-refractivity contribution is 0.177. The molecule has 7 atom stereocenters. The van der Waals surface area contributed by atoms with Gasteiger partial charge in [-0.2, -0.15) is 0 Å². The van der Waals surface area contributed by atoms with E-state index in [1.54, 1.807) is 44.1 Å². The van der Waals surface area contributed by atoms with Crippen molar-refractivity contribution in [3.05, 3.63) is 44.1 Å². The van der Waals surface area contributed by atoms with Gasteiger partial charge in [0, 0.05) is 10.8 Å². The minimum Gasteiger partial charge on any atom is -0.0983 e. The molecule has 0 amide bonds. The van der Waals surface area contributed by atoms with E-state index in [1.165, 1.54) is 38.5 Å². The maximum absolute atomic E-state index is 2.54. The quantitative estimate of drug-likeness (QED) is 0.268. The van der Waals surface area contributed by atoms with E-state index in [0.29, 0.717) is 7.92 Å². The Morgan fingerprint density at radius 1 is 0.614 bits per heavy atom. The van der Waals surface area contributed by atoms with Gasteiger partial charge < -0.3 is 0 Å². The summed E-state index contributed by atoms with van der Waals surface area (Å²) in [5, 5.41) is 3.58. The lowest BCUT2D eigenvalue weighted by atomic mass is 9.60. The van der Waals surface area contributed by atoms with Gasteiger partial charge in [-0.3, -0.25) is 0 Å². The number of allylic oxidation sites excluding steroid dienone is 8. The SMILES string of the molecule is CC(C)CC1C[C@H](C)CC[C@H]1C.CC(C)P1[C@@H](C)CC[C@@H]1C.CC1=C(C)[C@]2(C)C(=C1C)P(C(C)C)C1=C(C)C(C)=C(C)[C@]12C. The summed E-state index contributed by atoms with van der Waals surface area (Å²) in [6, 6.07) is 0. The van der Waals surface area contributed by atoms with E-state index < -0.39 is 0 Å². The first-order valence-corrected chi connectivity index (χ1v) is 21.6. The molecule has 0 radical (unpaired) electrons. The first-order valence-electron chi connectivity index (χ1n) is 18.6. The third-order valence-corrected chi connectivity index (χ3v) is 20.7. The molecule has 0 nitrogen and oxygen atoms in total. The van der Waals surface area contributed by atoms with Crippen LogP contribution in [0, 0.1) is 34.5 Å². The van der Waals surface area contributed by atoms with Gasteiger partial charge in [-0.15, -0.1) is 0 Å². The highest BCUT2D eigenvalue weighted by molar-refractivity contribution is 7.67.